The molecule has 0 spiro atoms. The fraction of sp³-hybridized carbons (Fsp3) is 0.500. The second-order valence-electron chi connectivity index (χ2n) is 7.35. The van der Waals surface area contributed by atoms with Gasteiger partial charge in [-0.25, -0.2) is 0 Å². The Labute approximate surface area is 152 Å². The molecule has 1 aromatic rings. The Morgan fingerprint density at radius 2 is 1.88 bits per heavy atom. The Hall–Kier alpha value is -2.34. The van der Waals surface area contributed by atoms with Crippen molar-refractivity contribution in [1.82, 2.24) is 5.32 Å². The van der Waals surface area contributed by atoms with Crippen LogP contribution in [0, 0.1) is 5.92 Å². The van der Waals surface area contributed by atoms with E-state index in [-0.39, 0.29) is 35.2 Å². The lowest BCUT2D eigenvalue weighted by Gasteiger charge is -2.12. The fourth-order valence-corrected chi connectivity index (χ4v) is 3.69. The molecular formula is C20H23NO5. The lowest BCUT2D eigenvalue weighted by Crippen LogP contribution is -2.31. The summed E-state index contributed by atoms with van der Waals surface area (Å²) in [6, 6.07) is 6.88. The van der Waals surface area contributed by atoms with E-state index >= 15 is 0 Å². The monoisotopic (exact) mass is 357 g/mol. The first-order chi connectivity index (χ1) is 12.5. The summed E-state index contributed by atoms with van der Waals surface area (Å²) in [6.45, 7) is 2.38. The minimum absolute atomic E-state index is 0.0766. The number of fused-ring (bicyclic) bond motifs is 7. The summed E-state index contributed by atoms with van der Waals surface area (Å²) >= 11 is 0. The van der Waals surface area contributed by atoms with E-state index in [4.69, 9.17) is 9.47 Å². The maximum atomic E-state index is 12.6. The molecule has 0 aromatic heterocycles. The maximum Gasteiger partial charge on any atom is 0.259 e. The van der Waals surface area contributed by atoms with Gasteiger partial charge in [-0.1, -0.05) is 25.5 Å². The van der Waals surface area contributed by atoms with Crippen molar-refractivity contribution in [2.75, 3.05) is 6.61 Å². The third-order valence-electron chi connectivity index (χ3n) is 5.41. The van der Waals surface area contributed by atoms with E-state index in [0.717, 1.165) is 24.2 Å². The molecule has 2 fully saturated rings. The number of epoxide rings is 1. The normalized spacial score (nSPS) is 31.9. The second kappa shape index (κ2) is 6.76. The fourth-order valence-electron chi connectivity index (χ4n) is 3.69. The average molecular weight is 357 g/mol. The molecule has 1 aromatic carbocycles. The summed E-state index contributed by atoms with van der Waals surface area (Å²) in [5.41, 5.74) is 0.849. The van der Waals surface area contributed by atoms with Gasteiger partial charge in [-0.05, 0) is 30.5 Å². The molecule has 0 aliphatic carbocycles. The minimum atomic E-state index is -0.629. The van der Waals surface area contributed by atoms with Crippen LogP contribution in [0.3, 0.4) is 0 Å². The van der Waals surface area contributed by atoms with Crippen LogP contribution in [0.15, 0.2) is 35.6 Å². The zero-order valence-electron chi connectivity index (χ0n) is 14.7. The first-order valence-corrected chi connectivity index (χ1v) is 9.18. The predicted octanol–water partition coefficient (Wildman–Crippen LogP) is 2.07. The number of aliphatic hydroxyl groups is 1. The van der Waals surface area contributed by atoms with Gasteiger partial charge >= 0.3 is 0 Å². The molecule has 138 valence electrons. The van der Waals surface area contributed by atoms with Crippen molar-refractivity contribution in [2.45, 2.75) is 50.9 Å². The highest BCUT2D eigenvalue weighted by atomic mass is 16.6. The molecule has 2 N–H and O–H groups in total. The van der Waals surface area contributed by atoms with E-state index in [0.29, 0.717) is 19.4 Å². The third kappa shape index (κ3) is 3.33. The number of carbonyl (C=O) groups excluding carboxylic acids is 2. The number of hydrogen-bond donors (Lipinski definition) is 2. The number of hydrogen-bond acceptors (Lipinski definition) is 5. The van der Waals surface area contributed by atoms with E-state index in [1.54, 1.807) is 0 Å². The second-order valence-corrected chi connectivity index (χ2v) is 7.35. The van der Waals surface area contributed by atoms with Crippen molar-refractivity contribution in [1.29, 1.82) is 0 Å². The molecule has 26 heavy (non-hydrogen) atoms. The van der Waals surface area contributed by atoms with Crippen LogP contribution < -0.4 is 10.1 Å². The minimum Gasteiger partial charge on any atom is -0.511 e. The van der Waals surface area contributed by atoms with E-state index in [9.17, 15) is 14.7 Å². The zero-order chi connectivity index (χ0) is 18.3. The van der Waals surface area contributed by atoms with E-state index in [1.165, 1.54) is 0 Å². The van der Waals surface area contributed by atoms with Gasteiger partial charge < -0.3 is 19.9 Å². The van der Waals surface area contributed by atoms with Gasteiger partial charge in [-0.15, -0.1) is 0 Å². The maximum absolute atomic E-state index is 12.6. The summed E-state index contributed by atoms with van der Waals surface area (Å²) in [4.78, 5) is 24.9. The van der Waals surface area contributed by atoms with Crippen LogP contribution in [0.2, 0.25) is 0 Å². The number of ether oxygens (including phenoxy) is 2. The summed E-state index contributed by atoms with van der Waals surface area (Å²) in [5, 5.41) is 13.2. The quantitative estimate of drug-likeness (QED) is 0.548. The molecule has 4 atom stereocenters. The molecule has 6 nitrogen and oxygen atoms in total. The highest BCUT2D eigenvalue weighted by Gasteiger charge is 2.40. The number of carbonyl (C=O) groups is 2. The Bertz CT molecular complexity index is 754. The predicted molar refractivity (Wildman–Crippen MR) is 93.9 cm³/mol. The number of nitrogens with one attached hydrogen (secondary N) is 1. The SMILES string of the molecule is CC1CCCC2OC2COc2ccc(cc2)CC2NC(=O)C(=C1O)C2=O. The summed E-state index contributed by atoms with van der Waals surface area (Å²) < 4.78 is 11.4. The van der Waals surface area contributed by atoms with Crippen molar-refractivity contribution in [3.63, 3.8) is 0 Å². The van der Waals surface area contributed by atoms with Crippen LogP contribution in [-0.2, 0) is 20.7 Å². The Kier molecular flexibility index (Phi) is 4.44. The van der Waals surface area contributed by atoms with Gasteiger partial charge in [0.05, 0.1) is 12.1 Å². The van der Waals surface area contributed by atoms with Crippen molar-refractivity contribution >= 4 is 11.7 Å². The molecule has 4 bridgehead atoms. The lowest BCUT2D eigenvalue weighted by atomic mass is 9.94. The van der Waals surface area contributed by atoms with Crippen LogP contribution in [0.25, 0.3) is 0 Å². The highest BCUT2D eigenvalue weighted by Crippen LogP contribution is 2.31. The molecule has 0 radical (unpaired) electrons. The van der Waals surface area contributed by atoms with Gasteiger partial charge in [0.2, 0.25) is 0 Å². The number of Topliss-reactive ketones (excluding diaryl/α,β-unsaturated/α-hetero) is 1. The van der Waals surface area contributed by atoms with Gasteiger partial charge in [-0.3, -0.25) is 9.59 Å². The third-order valence-corrected chi connectivity index (χ3v) is 5.41. The molecule has 4 heterocycles. The zero-order valence-corrected chi connectivity index (χ0v) is 14.7. The standard InChI is InChI=1S/C20H23NO5/c1-11-3-2-4-15-16(26-15)10-25-13-7-5-12(6-8-13)9-14-19(23)17(18(11)22)20(24)21-14/h5-8,11,14-16,22H,2-4,9-10H2,1H3,(H,21,24). The van der Waals surface area contributed by atoms with Crippen LogP contribution in [0.4, 0.5) is 0 Å². The van der Waals surface area contributed by atoms with Crippen molar-refractivity contribution in [3.8, 4) is 5.75 Å². The number of aliphatic hydroxyl groups excluding tert-OH is 1. The molecule has 4 aliphatic rings. The number of allylic oxidation sites excluding steroid dienone is 1. The first-order valence-electron chi connectivity index (χ1n) is 9.18. The average Bonchev–Trinajstić information content (AvgIpc) is 3.31. The van der Waals surface area contributed by atoms with Crippen LogP contribution in [0.5, 0.6) is 5.75 Å². The van der Waals surface area contributed by atoms with Gasteiger partial charge in [-0.2, -0.15) is 0 Å². The summed E-state index contributed by atoms with van der Waals surface area (Å²) in [6.07, 6.45) is 3.13. The largest absolute Gasteiger partial charge is 0.511 e. The van der Waals surface area contributed by atoms with Gasteiger partial charge in [0.25, 0.3) is 5.91 Å². The topological polar surface area (TPSA) is 88.2 Å². The smallest absolute Gasteiger partial charge is 0.259 e. The molecule has 4 unspecified atom stereocenters. The van der Waals surface area contributed by atoms with Crippen LogP contribution in [0.1, 0.15) is 31.7 Å². The molecule has 2 saturated heterocycles. The summed E-state index contributed by atoms with van der Waals surface area (Å²) in [5.74, 6) is -0.362. The van der Waals surface area contributed by atoms with Gasteiger partial charge in [0.1, 0.15) is 29.8 Å². The number of benzene rings is 1. The van der Waals surface area contributed by atoms with Crippen LogP contribution >= 0.6 is 0 Å². The van der Waals surface area contributed by atoms with Gasteiger partial charge in [0, 0.05) is 12.3 Å². The van der Waals surface area contributed by atoms with Crippen molar-refractivity contribution in [2.24, 2.45) is 5.92 Å². The molecule has 6 heteroatoms. The molecule has 1 amide bonds. The van der Waals surface area contributed by atoms with Crippen LogP contribution in [-0.4, -0.2) is 41.7 Å². The number of rotatable bonds is 0. The first kappa shape index (κ1) is 17.1. The Morgan fingerprint density at radius 1 is 1.12 bits per heavy atom. The molecule has 0 saturated carbocycles. The Morgan fingerprint density at radius 3 is 2.65 bits per heavy atom. The Balaban J connectivity index is 1.60. The molecule has 5 rings (SSSR count). The van der Waals surface area contributed by atoms with E-state index in [2.05, 4.69) is 5.32 Å². The summed E-state index contributed by atoms with van der Waals surface area (Å²) in [7, 11) is 0. The van der Waals surface area contributed by atoms with E-state index < -0.39 is 11.9 Å². The number of amides is 1. The molecular weight excluding hydrogens is 334 g/mol. The van der Waals surface area contributed by atoms with Gasteiger partial charge in [0.15, 0.2) is 5.78 Å². The van der Waals surface area contributed by atoms with Crippen molar-refractivity contribution < 1.29 is 24.2 Å². The lowest BCUT2D eigenvalue weighted by molar-refractivity contribution is -0.117. The molecule has 4 aliphatic heterocycles. The van der Waals surface area contributed by atoms with E-state index in [1.807, 2.05) is 31.2 Å². The highest BCUT2D eigenvalue weighted by molar-refractivity contribution is 6.26. The van der Waals surface area contributed by atoms with Crippen molar-refractivity contribution in [3.05, 3.63) is 41.2 Å². The number of ketones is 1.